The van der Waals surface area contributed by atoms with Crippen molar-refractivity contribution in [1.29, 1.82) is 0 Å². The van der Waals surface area contributed by atoms with Crippen LogP contribution in [-0.4, -0.2) is 96.8 Å². The number of carbonyl (C=O) groups is 4. The molecule has 4 N–H and O–H groups in total. The van der Waals surface area contributed by atoms with Gasteiger partial charge in [-0.3, -0.25) is 19.2 Å². The molecule has 0 saturated heterocycles. The predicted molar refractivity (Wildman–Crippen MR) is 267 cm³/mol. The van der Waals surface area contributed by atoms with Crippen LogP contribution in [0.15, 0.2) is 0 Å². The summed E-state index contributed by atoms with van der Waals surface area (Å²) < 4.78 is 0. The lowest BCUT2D eigenvalue weighted by Gasteiger charge is -2.06. The molecule has 0 heterocycles. The molecule has 332 valence electrons. The maximum atomic E-state index is 11.8. The number of unbranched alkanes of at least 4 members (excludes halogenated alkanes) is 12. The highest BCUT2D eigenvalue weighted by Gasteiger charge is 2.04. The average Bonchev–Trinajstić information content (AvgIpc) is 3.19. The average molecular weight is 938 g/mol. The Morgan fingerprint density at radius 3 is 0.946 bits per heavy atom. The number of hydrogen-bond acceptors (Lipinski definition) is 12. The van der Waals surface area contributed by atoms with E-state index in [4.69, 9.17) is 0 Å². The maximum absolute atomic E-state index is 11.8. The van der Waals surface area contributed by atoms with Crippen LogP contribution in [0.1, 0.15) is 155 Å². The smallest absolute Gasteiger partial charge is 0.220 e. The topological polar surface area (TPSA) is 116 Å². The molecule has 0 unspecified atom stereocenters. The molecule has 0 aliphatic rings. The van der Waals surface area contributed by atoms with Crippen LogP contribution in [0.25, 0.3) is 0 Å². The van der Waals surface area contributed by atoms with E-state index in [-0.39, 0.29) is 23.6 Å². The van der Waals surface area contributed by atoms with Gasteiger partial charge < -0.3 is 21.3 Å². The van der Waals surface area contributed by atoms with Crippen molar-refractivity contribution in [3.05, 3.63) is 0 Å². The van der Waals surface area contributed by atoms with Crippen molar-refractivity contribution in [2.24, 2.45) is 0 Å². The second kappa shape index (κ2) is 51.8. The summed E-state index contributed by atoms with van der Waals surface area (Å²) in [4.78, 5) is 46.7. The van der Waals surface area contributed by atoms with Crippen molar-refractivity contribution in [3.63, 3.8) is 0 Å². The Morgan fingerprint density at radius 2 is 0.607 bits per heavy atom. The lowest BCUT2D eigenvalue weighted by molar-refractivity contribution is -0.122. The van der Waals surface area contributed by atoms with Gasteiger partial charge in [-0.25, -0.2) is 0 Å². The lowest BCUT2D eigenvalue weighted by atomic mass is 10.1. The van der Waals surface area contributed by atoms with Crippen LogP contribution >= 0.6 is 86.4 Å². The van der Waals surface area contributed by atoms with Gasteiger partial charge in [-0.2, -0.15) is 0 Å². The van der Waals surface area contributed by atoms with Crippen LogP contribution < -0.4 is 21.3 Å². The molecule has 8 nitrogen and oxygen atoms in total. The fourth-order valence-corrected chi connectivity index (χ4v) is 11.9. The Bertz CT molecular complexity index is 816. The number of amides is 4. The Hall–Kier alpha value is 0.680. The molecule has 0 aromatic heterocycles. The summed E-state index contributed by atoms with van der Waals surface area (Å²) in [7, 11) is 14.8. The zero-order chi connectivity index (χ0) is 41.4. The molecule has 56 heavy (non-hydrogen) atoms. The summed E-state index contributed by atoms with van der Waals surface area (Å²) in [6.07, 6.45) is 27.0. The van der Waals surface area contributed by atoms with Crippen LogP contribution in [0.4, 0.5) is 0 Å². The highest BCUT2D eigenvalue weighted by Crippen LogP contribution is 2.24. The van der Waals surface area contributed by atoms with Gasteiger partial charge in [-0.05, 0) is 76.7 Å². The molecular formula is C40H80N4O4S8. The second-order valence-corrected chi connectivity index (χ2v) is 24.1. The zero-order valence-corrected chi connectivity index (χ0v) is 42.1. The van der Waals surface area contributed by atoms with Gasteiger partial charge in [0.1, 0.15) is 0 Å². The molecule has 0 aromatic carbocycles. The summed E-state index contributed by atoms with van der Waals surface area (Å²) in [5.74, 6) is 7.39. The van der Waals surface area contributed by atoms with Crippen molar-refractivity contribution >= 4 is 110 Å². The Balaban J connectivity index is 0. The van der Waals surface area contributed by atoms with Gasteiger partial charge in [0, 0.05) is 86.4 Å². The molecule has 0 aliphatic carbocycles. The fourth-order valence-electron chi connectivity index (χ4n) is 4.91. The number of carbonyl (C=O) groups excluding carboxylic acids is 4. The van der Waals surface area contributed by atoms with E-state index in [1.54, 1.807) is 43.2 Å². The van der Waals surface area contributed by atoms with Gasteiger partial charge in [0.2, 0.25) is 23.6 Å². The molecule has 0 rings (SSSR count). The fraction of sp³-hybridized carbons (Fsp3) is 0.900. The van der Waals surface area contributed by atoms with Crippen LogP contribution in [0.3, 0.4) is 0 Å². The Labute approximate surface area is 375 Å². The van der Waals surface area contributed by atoms with Gasteiger partial charge in [0.25, 0.3) is 0 Å². The van der Waals surface area contributed by atoms with E-state index in [0.29, 0.717) is 25.7 Å². The molecule has 0 bridgehead atoms. The first-order valence-electron chi connectivity index (χ1n) is 21.3. The van der Waals surface area contributed by atoms with Gasteiger partial charge in [-0.15, -0.1) is 0 Å². The summed E-state index contributed by atoms with van der Waals surface area (Å²) in [5, 5.41) is 11.9. The first-order valence-corrected chi connectivity index (χ1v) is 31.7. The third-order valence-corrected chi connectivity index (χ3v) is 17.1. The summed E-state index contributed by atoms with van der Waals surface area (Å²) in [6, 6.07) is 0. The predicted octanol–water partition coefficient (Wildman–Crippen LogP) is 11.8. The third-order valence-electron chi connectivity index (χ3n) is 8.06. The first-order chi connectivity index (χ1) is 27.4. The summed E-state index contributed by atoms with van der Waals surface area (Å²) in [6.45, 7) is 7.51. The molecule has 0 aliphatic heterocycles. The molecular weight excluding hydrogens is 857 g/mol. The molecule has 0 atom stereocenters. The summed E-state index contributed by atoms with van der Waals surface area (Å²) in [5.41, 5.74) is 0. The van der Waals surface area contributed by atoms with Gasteiger partial charge in [-0.1, -0.05) is 152 Å². The van der Waals surface area contributed by atoms with E-state index in [1.807, 2.05) is 55.7 Å². The van der Waals surface area contributed by atoms with Crippen LogP contribution in [0.5, 0.6) is 0 Å². The van der Waals surface area contributed by atoms with Crippen LogP contribution in [0.2, 0.25) is 0 Å². The van der Waals surface area contributed by atoms with Crippen molar-refractivity contribution in [3.8, 4) is 0 Å². The number of nitrogens with one attached hydrogen (secondary N) is 4. The molecule has 0 spiro atoms. The lowest BCUT2D eigenvalue weighted by Crippen LogP contribution is -2.25. The van der Waals surface area contributed by atoms with Gasteiger partial charge in [0.15, 0.2) is 0 Å². The number of rotatable bonds is 42. The van der Waals surface area contributed by atoms with Gasteiger partial charge >= 0.3 is 0 Å². The Kier molecular flexibility index (Phi) is 54.4. The molecule has 0 aromatic rings. The van der Waals surface area contributed by atoms with E-state index < -0.39 is 0 Å². The largest absolute Gasteiger partial charge is 0.356 e. The van der Waals surface area contributed by atoms with E-state index in [1.165, 1.54) is 87.2 Å². The zero-order valence-electron chi connectivity index (χ0n) is 35.5. The molecule has 16 heteroatoms. The molecule has 0 fully saturated rings. The highest BCUT2D eigenvalue weighted by molar-refractivity contribution is 8.77. The van der Waals surface area contributed by atoms with E-state index in [9.17, 15) is 19.2 Å². The minimum atomic E-state index is 0.133. The van der Waals surface area contributed by atoms with Crippen molar-refractivity contribution < 1.29 is 19.2 Å². The monoisotopic (exact) mass is 936 g/mol. The minimum absolute atomic E-state index is 0.133. The summed E-state index contributed by atoms with van der Waals surface area (Å²) >= 11 is 0. The number of hydrogen-bond donors (Lipinski definition) is 4. The van der Waals surface area contributed by atoms with Crippen LogP contribution in [-0.2, 0) is 19.2 Å². The van der Waals surface area contributed by atoms with Crippen molar-refractivity contribution in [2.75, 3.05) is 73.2 Å². The molecule has 0 radical (unpaired) electrons. The second-order valence-electron chi connectivity index (χ2n) is 13.3. The van der Waals surface area contributed by atoms with E-state index in [2.05, 4.69) is 35.1 Å². The Morgan fingerprint density at radius 1 is 0.321 bits per heavy atom. The third kappa shape index (κ3) is 52.7. The normalized spacial score (nSPS) is 10.8. The van der Waals surface area contributed by atoms with E-state index >= 15 is 0 Å². The standard InChI is InChI=1S/2C20H40N2O2S4/c2*1-3-16-27-28-17-11-6-4-5-9-14-21-19(23)12-8-7-10-15-22-20(24)13-18-26-25-2/h2*3-18H2,1-2H3,(H,21,23)(H,22,24). The highest BCUT2D eigenvalue weighted by atomic mass is 33.1. The van der Waals surface area contributed by atoms with E-state index in [0.717, 1.165) is 89.1 Å². The van der Waals surface area contributed by atoms with Crippen molar-refractivity contribution in [1.82, 2.24) is 21.3 Å². The first kappa shape index (κ1) is 58.8. The molecule has 4 amide bonds. The van der Waals surface area contributed by atoms with Gasteiger partial charge in [0.05, 0.1) is 0 Å². The SMILES string of the molecule is CCCSSCCCCCCCNC(=O)CCCCCNC(=O)CCSSC.CCCSSCCCCCCCNC(=O)CCCCCNC(=O)CCSSC. The van der Waals surface area contributed by atoms with Crippen LogP contribution in [0, 0.1) is 0 Å². The minimum Gasteiger partial charge on any atom is -0.356 e. The maximum Gasteiger partial charge on any atom is 0.220 e. The van der Waals surface area contributed by atoms with Crippen molar-refractivity contribution in [2.45, 2.75) is 155 Å². The quantitative estimate of drug-likeness (QED) is 0.0345. The molecule has 0 saturated carbocycles.